The van der Waals surface area contributed by atoms with E-state index in [9.17, 15) is 0 Å². The van der Waals surface area contributed by atoms with Crippen LogP contribution in [0.25, 0.3) is 0 Å². The zero-order valence-electron chi connectivity index (χ0n) is 5.38. The summed E-state index contributed by atoms with van der Waals surface area (Å²) >= 11 is 0. The molecule has 0 atom stereocenters. The molecule has 0 radical (unpaired) electrons. The highest BCUT2D eigenvalue weighted by atomic mass is 16.2. The van der Waals surface area contributed by atoms with Crippen LogP contribution in [-0.2, 0) is 0 Å². The fraction of sp³-hybridized carbons (Fsp3) is 0.571. The molecule has 9 heavy (non-hydrogen) atoms. The number of hydrogen-bond acceptors (Lipinski definition) is 2. The van der Waals surface area contributed by atoms with Crippen molar-refractivity contribution in [3.63, 3.8) is 0 Å². The van der Waals surface area contributed by atoms with Gasteiger partial charge in [0.15, 0.2) is 0 Å². The summed E-state index contributed by atoms with van der Waals surface area (Å²) < 4.78 is 0. The summed E-state index contributed by atoms with van der Waals surface area (Å²) in [7, 11) is 0. The molecule has 1 N–H and O–H groups in total. The Hall–Kier alpha value is -0.630. The molecule has 0 amide bonds. The topological polar surface area (TPSA) is 32.6 Å². The van der Waals surface area contributed by atoms with Crippen molar-refractivity contribution in [1.29, 1.82) is 0 Å². The van der Waals surface area contributed by atoms with Crippen molar-refractivity contribution in [2.75, 3.05) is 13.2 Å². The van der Waals surface area contributed by atoms with Gasteiger partial charge >= 0.3 is 0 Å². The Balaban J connectivity index is 2.19. The fourth-order valence-corrected chi connectivity index (χ4v) is 0.834. The number of nitrogens with zero attached hydrogens (tertiary/aromatic N) is 1. The lowest BCUT2D eigenvalue weighted by Crippen LogP contribution is -1.92. The van der Waals surface area contributed by atoms with E-state index in [0.717, 1.165) is 25.1 Å². The first kappa shape index (κ1) is 6.49. The first-order valence-electron chi connectivity index (χ1n) is 3.24. The molecule has 2 nitrogen and oxygen atoms in total. The monoisotopic (exact) mass is 125 g/mol. The minimum Gasteiger partial charge on any atom is -0.396 e. The normalized spacial score (nSPS) is 16.3. The lowest BCUT2D eigenvalue weighted by atomic mass is 10.2. The van der Waals surface area contributed by atoms with E-state index in [1.54, 1.807) is 0 Å². The Morgan fingerprint density at radius 1 is 1.67 bits per heavy atom. The predicted molar refractivity (Wildman–Crippen MR) is 37.8 cm³/mol. The van der Waals surface area contributed by atoms with Gasteiger partial charge in [0.1, 0.15) is 0 Å². The Labute approximate surface area is 54.9 Å². The average Bonchev–Trinajstić information content (AvgIpc) is 2.34. The largest absolute Gasteiger partial charge is 0.396 e. The molecular formula is C7H11NO. The van der Waals surface area contributed by atoms with Gasteiger partial charge in [0, 0.05) is 12.3 Å². The maximum Gasteiger partial charge on any atom is 0.0577 e. The number of aliphatic imine (C=N–C) groups is 1. The summed E-state index contributed by atoms with van der Waals surface area (Å²) in [5, 5.41) is 8.45. The van der Waals surface area contributed by atoms with Gasteiger partial charge in [-0.3, -0.25) is 4.99 Å². The van der Waals surface area contributed by atoms with Crippen LogP contribution >= 0.6 is 0 Å². The highest BCUT2D eigenvalue weighted by Gasteiger charge is 1.96. The summed E-state index contributed by atoms with van der Waals surface area (Å²) in [6, 6.07) is 0. The van der Waals surface area contributed by atoms with Gasteiger partial charge in [-0.1, -0.05) is 6.08 Å². The maximum atomic E-state index is 8.45. The Kier molecular flexibility index (Phi) is 2.46. The Morgan fingerprint density at radius 3 is 3.11 bits per heavy atom. The molecule has 50 valence electrons. The second kappa shape index (κ2) is 3.41. The molecule has 0 saturated heterocycles. The first-order valence-corrected chi connectivity index (χ1v) is 3.24. The molecule has 1 heterocycles. The lowest BCUT2D eigenvalue weighted by Gasteiger charge is -1.92. The average molecular weight is 125 g/mol. The quantitative estimate of drug-likeness (QED) is 0.593. The smallest absolute Gasteiger partial charge is 0.0577 e. The molecule has 1 aliphatic heterocycles. The second-order valence-corrected chi connectivity index (χ2v) is 2.06. The minimum absolute atomic E-state index is 0.271. The molecule has 1 rings (SSSR count). The van der Waals surface area contributed by atoms with Crippen LogP contribution in [0, 0.1) is 0 Å². The number of aliphatic hydroxyl groups excluding tert-OH is 1. The standard InChI is InChI=1S/C7H11NO/c9-6-2-4-7-3-1-5-8-7/h1,3,9H,2,4-6H2. The third kappa shape index (κ3) is 1.98. The molecule has 0 aromatic rings. The molecule has 0 aromatic carbocycles. The van der Waals surface area contributed by atoms with E-state index in [0.29, 0.717) is 0 Å². The minimum atomic E-state index is 0.271. The van der Waals surface area contributed by atoms with Crippen molar-refractivity contribution in [2.45, 2.75) is 12.8 Å². The Bertz CT molecular complexity index is 138. The zero-order chi connectivity index (χ0) is 6.53. The van der Waals surface area contributed by atoms with E-state index in [2.05, 4.69) is 4.99 Å². The summed E-state index contributed by atoms with van der Waals surface area (Å²) in [4.78, 5) is 4.17. The van der Waals surface area contributed by atoms with Crippen LogP contribution in [0.4, 0.5) is 0 Å². The molecule has 0 fully saturated rings. The van der Waals surface area contributed by atoms with Gasteiger partial charge in [-0.15, -0.1) is 0 Å². The van der Waals surface area contributed by atoms with Gasteiger partial charge in [0.25, 0.3) is 0 Å². The zero-order valence-corrected chi connectivity index (χ0v) is 5.38. The SMILES string of the molecule is OCCCC1=NCC=C1. The lowest BCUT2D eigenvalue weighted by molar-refractivity contribution is 0.291. The van der Waals surface area contributed by atoms with E-state index >= 15 is 0 Å². The van der Waals surface area contributed by atoms with Crippen LogP contribution in [-0.4, -0.2) is 24.0 Å². The third-order valence-electron chi connectivity index (χ3n) is 1.30. The number of rotatable bonds is 3. The summed E-state index contributed by atoms with van der Waals surface area (Å²) in [6.07, 6.45) is 5.82. The van der Waals surface area contributed by atoms with E-state index in [4.69, 9.17) is 5.11 Å². The molecule has 0 bridgehead atoms. The van der Waals surface area contributed by atoms with Crippen LogP contribution in [0.2, 0.25) is 0 Å². The third-order valence-corrected chi connectivity index (χ3v) is 1.30. The molecule has 0 aromatic heterocycles. The second-order valence-electron chi connectivity index (χ2n) is 2.06. The van der Waals surface area contributed by atoms with Crippen molar-refractivity contribution >= 4 is 5.71 Å². The molecule has 0 aliphatic carbocycles. The fourth-order valence-electron chi connectivity index (χ4n) is 0.834. The van der Waals surface area contributed by atoms with Crippen LogP contribution < -0.4 is 0 Å². The summed E-state index contributed by atoms with van der Waals surface area (Å²) in [6.45, 7) is 1.10. The highest BCUT2D eigenvalue weighted by molar-refractivity contribution is 5.96. The van der Waals surface area contributed by atoms with Crippen molar-refractivity contribution in [3.8, 4) is 0 Å². The van der Waals surface area contributed by atoms with Crippen molar-refractivity contribution in [1.82, 2.24) is 0 Å². The van der Waals surface area contributed by atoms with Gasteiger partial charge in [-0.2, -0.15) is 0 Å². The maximum absolute atomic E-state index is 8.45. The molecule has 1 aliphatic rings. The summed E-state index contributed by atoms with van der Waals surface area (Å²) in [5.74, 6) is 0. The predicted octanol–water partition coefficient (Wildman–Crippen LogP) is 0.770. The van der Waals surface area contributed by atoms with Gasteiger partial charge < -0.3 is 5.11 Å². The number of allylic oxidation sites excluding steroid dienone is 1. The summed E-state index contributed by atoms with van der Waals surface area (Å²) in [5.41, 5.74) is 1.13. The van der Waals surface area contributed by atoms with E-state index in [1.165, 1.54) is 0 Å². The van der Waals surface area contributed by atoms with Gasteiger partial charge in [-0.25, -0.2) is 0 Å². The van der Waals surface area contributed by atoms with Crippen LogP contribution in [0.1, 0.15) is 12.8 Å². The molecule has 0 unspecified atom stereocenters. The van der Waals surface area contributed by atoms with E-state index in [1.807, 2.05) is 12.2 Å². The van der Waals surface area contributed by atoms with Gasteiger partial charge in [0.05, 0.1) is 6.54 Å². The first-order chi connectivity index (χ1) is 4.43. The van der Waals surface area contributed by atoms with Crippen LogP contribution in [0.5, 0.6) is 0 Å². The Morgan fingerprint density at radius 2 is 2.56 bits per heavy atom. The van der Waals surface area contributed by atoms with Crippen molar-refractivity contribution < 1.29 is 5.11 Å². The molecule has 0 saturated carbocycles. The molecule has 0 spiro atoms. The molecule has 2 heteroatoms. The van der Waals surface area contributed by atoms with Gasteiger partial charge in [-0.05, 0) is 18.9 Å². The van der Waals surface area contributed by atoms with E-state index < -0.39 is 0 Å². The van der Waals surface area contributed by atoms with Crippen LogP contribution in [0.15, 0.2) is 17.1 Å². The molecular weight excluding hydrogens is 114 g/mol. The highest BCUT2D eigenvalue weighted by Crippen LogP contribution is 1.99. The van der Waals surface area contributed by atoms with Crippen molar-refractivity contribution in [2.24, 2.45) is 4.99 Å². The van der Waals surface area contributed by atoms with Crippen LogP contribution in [0.3, 0.4) is 0 Å². The van der Waals surface area contributed by atoms with Gasteiger partial charge in [0.2, 0.25) is 0 Å². The van der Waals surface area contributed by atoms with Crippen molar-refractivity contribution in [3.05, 3.63) is 12.2 Å². The van der Waals surface area contributed by atoms with E-state index in [-0.39, 0.29) is 6.61 Å². The number of hydrogen-bond donors (Lipinski definition) is 1. The number of aliphatic hydroxyl groups is 1.